The topological polar surface area (TPSA) is 44.8 Å². The van der Waals surface area contributed by atoms with E-state index in [4.69, 9.17) is 4.74 Å². The fourth-order valence-corrected chi connectivity index (χ4v) is 2.51. The third-order valence-corrected chi connectivity index (χ3v) is 3.51. The van der Waals surface area contributed by atoms with Crippen LogP contribution < -0.4 is 5.32 Å². The van der Waals surface area contributed by atoms with Gasteiger partial charge in [-0.05, 0) is 6.92 Å². The number of carbonyl (C=O) groups is 1. The van der Waals surface area contributed by atoms with Gasteiger partial charge < -0.3 is 15.0 Å². The molecule has 0 unspecified atom stereocenters. The number of rotatable bonds is 2. The van der Waals surface area contributed by atoms with Gasteiger partial charge in [0.1, 0.15) is 0 Å². The molecule has 0 aromatic carbocycles. The normalized spacial score (nSPS) is 31.5. The molecule has 2 aliphatic heterocycles. The summed E-state index contributed by atoms with van der Waals surface area (Å²) < 4.78 is 5.88. The smallest absolute Gasteiger partial charge is 0.219 e. The van der Waals surface area contributed by atoms with Crippen LogP contribution in [0.2, 0.25) is 0 Å². The van der Waals surface area contributed by atoms with Crippen molar-refractivity contribution >= 4 is 5.91 Å². The van der Waals surface area contributed by atoms with E-state index in [-0.39, 0.29) is 5.91 Å². The molecule has 0 spiro atoms. The van der Waals surface area contributed by atoms with Crippen molar-refractivity contribution in [2.75, 3.05) is 45.8 Å². The second-order valence-corrected chi connectivity index (χ2v) is 5.03. The number of nitrogens with one attached hydrogen (secondary N) is 1. The van der Waals surface area contributed by atoms with Crippen LogP contribution in [-0.2, 0) is 9.53 Å². The van der Waals surface area contributed by atoms with E-state index in [1.165, 1.54) is 0 Å². The van der Waals surface area contributed by atoms with Gasteiger partial charge in [-0.15, -0.1) is 0 Å². The summed E-state index contributed by atoms with van der Waals surface area (Å²) in [7, 11) is 0. The van der Waals surface area contributed by atoms with E-state index in [0.29, 0.717) is 12.2 Å². The molecule has 98 valence electrons. The van der Waals surface area contributed by atoms with Gasteiger partial charge in [-0.3, -0.25) is 9.69 Å². The zero-order valence-corrected chi connectivity index (χ0v) is 10.8. The maximum atomic E-state index is 11.2. The zero-order valence-electron chi connectivity index (χ0n) is 10.8. The summed E-state index contributed by atoms with van der Waals surface area (Å²) in [5.41, 5.74) is 0. The van der Waals surface area contributed by atoms with Crippen LogP contribution >= 0.6 is 0 Å². The summed E-state index contributed by atoms with van der Waals surface area (Å²) in [5.74, 6) is 0.189. The van der Waals surface area contributed by atoms with E-state index in [1.807, 2.05) is 4.90 Å². The Morgan fingerprint density at radius 3 is 2.59 bits per heavy atom. The quantitative estimate of drug-likeness (QED) is 0.710. The molecule has 2 rings (SSSR count). The maximum Gasteiger partial charge on any atom is 0.219 e. The fourth-order valence-electron chi connectivity index (χ4n) is 2.51. The van der Waals surface area contributed by atoms with Gasteiger partial charge in [0.15, 0.2) is 0 Å². The van der Waals surface area contributed by atoms with E-state index in [9.17, 15) is 4.79 Å². The van der Waals surface area contributed by atoms with E-state index < -0.39 is 0 Å². The Balaban J connectivity index is 1.72. The van der Waals surface area contributed by atoms with Gasteiger partial charge in [-0.1, -0.05) is 0 Å². The van der Waals surface area contributed by atoms with Crippen molar-refractivity contribution < 1.29 is 9.53 Å². The molecule has 1 N–H and O–H groups in total. The number of ether oxygens (including phenoxy) is 1. The highest BCUT2D eigenvalue weighted by atomic mass is 16.5. The van der Waals surface area contributed by atoms with Crippen LogP contribution in [0.25, 0.3) is 0 Å². The lowest BCUT2D eigenvalue weighted by Gasteiger charge is -2.37. The SMILES string of the molecule is CC(=O)N1CCN(C[C@@H]2CNC[C@@H](C)O2)CC1. The van der Waals surface area contributed by atoms with Gasteiger partial charge >= 0.3 is 0 Å². The Kier molecular flexibility index (Phi) is 4.36. The van der Waals surface area contributed by atoms with Crippen LogP contribution in [-0.4, -0.2) is 73.7 Å². The van der Waals surface area contributed by atoms with Crippen LogP contribution in [0.1, 0.15) is 13.8 Å². The summed E-state index contributed by atoms with van der Waals surface area (Å²) in [6.07, 6.45) is 0.606. The van der Waals surface area contributed by atoms with E-state index >= 15 is 0 Å². The molecule has 5 nitrogen and oxygen atoms in total. The highest BCUT2D eigenvalue weighted by Gasteiger charge is 2.24. The minimum absolute atomic E-state index is 0.189. The molecular formula is C12H23N3O2. The molecule has 2 aliphatic rings. The van der Waals surface area contributed by atoms with Crippen molar-refractivity contribution in [3.8, 4) is 0 Å². The first-order valence-electron chi connectivity index (χ1n) is 6.49. The average Bonchev–Trinajstić information content (AvgIpc) is 2.29. The number of hydrogen-bond acceptors (Lipinski definition) is 4. The summed E-state index contributed by atoms with van der Waals surface area (Å²) in [6.45, 7) is 10.3. The largest absolute Gasteiger partial charge is 0.371 e. The minimum Gasteiger partial charge on any atom is -0.371 e. The van der Waals surface area contributed by atoms with Crippen molar-refractivity contribution in [3.63, 3.8) is 0 Å². The van der Waals surface area contributed by atoms with Gasteiger partial charge in [0.25, 0.3) is 0 Å². The standard InChI is InChI=1S/C12H23N3O2/c1-10-7-13-8-12(17-10)9-14-3-5-15(6-4-14)11(2)16/h10,12-13H,3-9H2,1-2H3/t10-,12+/m1/s1. The van der Waals surface area contributed by atoms with Crippen LogP contribution in [0, 0.1) is 0 Å². The Morgan fingerprint density at radius 2 is 2.00 bits per heavy atom. The Bertz CT molecular complexity index is 264. The first kappa shape index (κ1) is 12.8. The van der Waals surface area contributed by atoms with E-state index in [0.717, 1.165) is 45.8 Å². The molecule has 17 heavy (non-hydrogen) atoms. The Hall–Kier alpha value is -0.650. The van der Waals surface area contributed by atoms with Crippen LogP contribution in [0.4, 0.5) is 0 Å². The molecule has 0 aliphatic carbocycles. The molecule has 0 radical (unpaired) electrons. The molecule has 0 aromatic heterocycles. The first-order valence-corrected chi connectivity index (χ1v) is 6.49. The predicted molar refractivity (Wildman–Crippen MR) is 65.9 cm³/mol. The second-order valence-electron chi connectivity index (χ2n) is 5.03. The lowest BCUT2D eigenvalue weighted by atomic mass is 10.2. The summed E-state index contributed by atoms with van der Waals surface area (Å²) in [4.78, 5) is 15.5. The third-order valence-electron chi connectivity index (χ3n) is 3.51. The predicted octanol–water partition coefficient (Wildman–Crippen LogP) is -0.473. The molecule has 2 heterocycles. The van der Waals surface area contributed by atoms with Crippen molar-refractivity contribution in [2.45, 2.75) is 26.1 Å². The first-order chi connectivity index (χ1) is 8.15. The molecule has 2 atom stereocenters. The van der Waals surface area contributed by atoms with Crippen LogP contribution in [0.15, 0.2) is 0 Å². The lowest BCUT2D eigenvalue weighted by Crippen LogP contribution is -2.53. The highest BCUT2D eigenvalue weighted by Crippen LogP contribution is 2.08. The molecular weight excluding hydrogens is 218 g/mol. The molecule has 0 bridgehead atoms. The van der Waals surface area contributed by atoms with Gasteiger partial charge in [0, 0.05) is 52.7 Å². The minimum atomic E-state index is 0.189. The van der Waals surface area contributed by atoms with Crippen LogP contribution in [0.3, 0.4) is 0 Å². The van der Waals surface area contributed by atoms with Crippen molar-refractivity contribution in [2.24, 2.45) is 0 Å². The number of morpholine rings is 1. The fraction of sp³-hybridized carbons (Fsp3) is 0.917. The number of piperazine rings is 1. The number of amides is 1. The number of hydrogen-bond donors (Lipinski definition) is 1. The molecule has 2 saturated heterocycles. The van der Waals surface area contributed by atoms with Crippen molar-refractivity contribution in [1.82, 2.24) is 15.1 Å². The molecule has 0 saturated carbocycles. The van der Waals surface area contributed by atoms with Gasteiger partial charge in [0.2, 0.25) is 5.91 Å². The molecule has 2 fully saturated rings. The molecule has 0 aromatic rings. The van der Waals surface area contributed by atoms with Crippen molar-refractivity contribution in [1.29, 1.82) is 0 Å². The number of carbonyl (C=O) groups excluding carboxylic acids is 1. The summed E-state index contributed by atoms with van der Waals surface area (Å²) >= 11 is 0. The van der Waals surface area contributed by atoms with Crippen LogP contribution in [0.5, 0.6) is 0 Å². The maximum absolute atomic E-state index is 11.2. The molecule has 5 heteroatoms. The lowest BCUT2D eigenvalue weighted by molar-refractivity contribution is -0.131. The summed E-state index contributed by atoms with van der Waals surface area (Å²) in [5, 5.41) is 3.38. The van der Waals surface area contributed by atoms with Gasteiger partial charge in [-0.25, -0.2) is 0 Å². The average molecular weight is 241 g/mol. The highest BCUT2D eigenvalue weighted by molar-refractivity contribution is 5.73. The van der Waals surface area contributed by atoms with Gasteiger partial charge in [0.05, 0.1) is 12.2 Å². The summed E-state index contributed by atoms with van der Waals surface area (Å²) in [6, 6.07) is 0. The zero-order chi connectivity index (χ0) is 12.3. The van der Waals surface area contributed by atoms with Crippen molar-refractivity contribution in [3.05, 3.63) is 0 Å². The van der Waals surface area contributed by atoms with Gasteiger partial charge in [-0.2, -0.15) is 0 Å². The second kappa shape index (κ2) is 5.80. The monoisotopic (exact) mass is 241 g/mol. The Labute approximate surface area is 103 Å². The third kappa shape index (κ3) is 3.66. The van der Waals surface area contributed by atoms with E-state index in [2.05, 4.69) is 17.1 Å². The molecule has 1 amide bonds. The Morgan fingerprint density at radius 1 is 1.29 bits per heavy atom. The number of nitrogens with zero attached hydrogens (tertiary/aromatic N) is 2. The van der Waals surface area contributed by atoms with E-state index in [1.54, 1.807) is 6.92 Å².